The van der Waals surface area contributed by atoms with E-state index in [1.807, 2.05) is 30.3 Å². The quantitative estimate of drug-likeness (QED) is 0.765. The Balaban J connectivity index is 1.58. The van der Waals surface area contributed by atoms with Gasteiger partial charge in [0.1, 0.15) is 6.04 Å². The number of hydrogen-bond acceptors (Lipinski definition) is 5. The van der Waals surface area contributed by atoms with E-state index in [1.54, 1.807) is 23.8 Å². The number of piperazine rings is 1. The van der Waals surface area contributed by atoms with Crippen LogP contribution in [0.3, 0.4) is 0 Å². The van der Waals surface area contributed by atoms with Crippen molar-refractivity contribution in [1.82, 2.24) is 15.1 Å². The summed E-state index contributed by atoms with van der Waals surface area (Å²) in [6.45, 7) is 0.754. The van der Waals surface area contributed by atoms with Crippen LogP contribution in [0.2, 0.25) is 0 Å². The molecule has 27 heavy (non-hydrogen) atoms. The molecule has 1 radical (unpaired) electrons. The zero-order chi connectivity index (χ0) is 19.2. The lowest BCUT2D eigenvalue weighted by Gasteiger charge is -2.33. The topological polar surface area (TPSA) is 86.8 Å². The summed E-state index contributed by atoms with van der Waals surface area (Å²) in [5, 5.41) is 4.21. The fourth-order valence-electron chi connectivity index (χ4n) is 2.81. The summed E-state index contributed by atoms with van der Waals surface area (Å²) in [6, 6.07) is 11.4. The predicted molar refractivity (Wildman–Crippen MR) is 99.7 cm³/mol. The van der Waals surface area contributed by atoms with Crippen molar-refractivity contribution in [3.63, 3.8) is 0 Å². The number of thiophene rings is 1. The largest absolute Gasteiger partial charge is 0.332 e. The fraction of sp³-hybridized carbons (Fsp3) is 0.263. The molecule has 1 aromatic heterocycles. The third-order valence-corrected chi connectivity index (χ3v) is 5.22. The zero-order valence-corrected chi connectivity index (χ0v) is 15.3. The Hall–Kier alpha value is -3.00. The van der Waals surface area contributed by atoms with E-state index in [1.165, 1.54) is 16.2 Å². The van der Waals surface area contributed by atoms with Crippen LogP contribution in [-0.2, 0) is 20.8 Å². The number of nitrogens with zero attached hydrogens (tertiary/aromatic N) is 2. The third kappa shape index (κ3) is 4.40. The average Bonchev–Trinajstić information content (AvgIpc) is 3.22. The van der Waals surface area contributed by atoms with Gasteiger partial charge in [-0.15, -0.1) is 11.3 Å². The Morgan fingerprint density at radius 1 is 1.11 bits per heavy atom. The standard InChI is InChI=1S/C19H18N3O4S/c23-13-15(16-7-4-12-27-16)20-19(26)22-11-10-21(17(24)18(22)25)9-8-14-5-2-1-3-6-14/h1-7,12,15H,8-11H2,(H,20,26). The van der Waals surface area contributed by atoms with Crippen molar-refractivity contribution >= 4 is 35.5 Å². The van der Waals surface area contributed by atoms with E-state index in [0.717, 1.165) is 10.5 Å². The smallest absolute Gasteiger partial charge is 0.325 e. The predicted octanol–water partition coefficient (Wildman–Crippen LogP) is 1.52. The molecule has 1 saturated heterocycles. The highest BCUT2D eigenvalue weighted by Gasteiger charge is 2.36. The van der Waals surface area contributed by atoms with Crippen LogP contribution in [0, 0.1) is 0 Å². The molecule has 4 amide bonds. The molecule has 1 aliphatic heterocycles. The van der Waals surface area contributed by atoms with Gasteiger partial charge in [-0.05, 0) is 23.4 Å². The maximum absolute atomic E-state index is 12.4. The van der Waals surface area contributed by atoms with Crippen LogP contribution in [0.25, 0.3) is 0 Å². The molecule has 2 aromatic rings. The van der Waals surface area contributed by atoms with Gasteiger partial charge in [0.15, 0.2) is 0 Å². The fourth-order valence-corrected chi connectivity index (χ4v) is 3.52. The number of hydrogen-bond donors (Lipinski definition) is 1. The average molecular weight is 384 g/mol. The summed E-state index contributed by atoms with van der Waals surface area (Å²) >= 11 is 1.29. The van der Waals surface area contributed by atoms with Gasteiger partial charge in [-0.25, -0.2) is 4.79 Å². The monoisotopic (exact) mass is 384 g/mol. The highest BCUT2D eigenvalue weighted by atomic mass is 32.1. The Labute approximate surface area is 160 Å². The molecule has 1 atom stereocenters. The van der Waals surface area contributed by atoms with Gasteiger partial charge in [0, 0.05) is 24.5 Å². The molecule has 1 N–H and O–H groups in total. The minimum atomic E-state index is -0.962. The number of carbonyl (C=O) groups excluding carboxylic acids is 4. The van der Waals surface area contributed by atoms with E-state index >= 15 is 0 Å². The van der Waals surface area contributed by atoms with Crippen molar-refractivity contribution < 1.29 is 19.2 Å². The van der Waals surface area contributed by atoms with Gasteiger partial charge < -0.3 is 10.2 Å². The van der Waals surface area contributed by atoms with Gasteiger partial charge in [0.05, 0.1) is 0 Å². The lowest BCUT2D eigenvalue weighted by molar-refractivity contribution is -0.153. The van der Waals surface area contributed by atoms with E-state index in [9.17, 15) is 19.2 Å². The molecule has 1 aromatic carbocycles. The number of urea groups is 1. The molecule has 7 nitrogen and oxygen atoms in total. The van der Waals surface area contributed by atoms with Crippen molar-refractivity contribution in [3.8, 4) is 0 Å². The Kier molecular flexibility index (Phi) is 5.97. The molecule has 0 spiro atoms. The number of rotatable bonds is 6. The van der Waals surface area contributed by atoms with Crippen molar-refractivity contribution in [2.24, 2.45) is 0 Å². The van der Waals surface area contributed by atoms with E-state index in [2.05, 4.69) is 5.32 Å². The number of amides is 4. The van der Waals surface area contributed by atoms with Crippen LogP contribution in [0.4, 0.5) is 4.79 Å². The SMILES string of the molecule is O=[C]C(NC(=O)N1CCN(CCc2ccccc2)C(=O)C1=O)c1cccs1. The van der Waals surface area contributed by atoms with Gasteiger partial charge in [0.25, 0.3) is 0 Å². The van der Waals surface area contributed by atoms with Crippen LogP contribution in [0.15, 0.2) is 47.8 Å². The van der Waals surface area contributed by atoms with Crippen LogP contribution in [0.1, 0.15) is 16.5 Å². The Morgan fingerprint density at radius 2 is 1.89 bits per heavy atom. The van der Waals surface area contributed by atoms with Gasteiger partial charge in [-0.1, -0.05) is 36.4 Å². The Bertz CT molecular complexity index is 823. The number of benzene rings is 1. The van der Waals surface area contributed by atoms with Gasteiger partial charge in [-0.3, -0.25) is 19.3 Å². The van der Waals surface area contributed by atoms with Crippen molar-refractivity contribution in [1.29, 1.82) is 0 Å². The van der Waals surface area contributed by atoms with E-state index in [0.29, 0.717) is 17.8 Å². The Morgan fingerprint density at radius 3 is 2.56 bits per heavy atom. The van der Waals surface area contributed by atoms with Crippen LogP contribution >= 0.6 is 11.3 Å². The molecule has 139 valence electrons. The molecule has 0 aliphatic carbocycles. The molecule has 0 bridgehead atoms. The van der Waals surface area contributed by atoms with Crippen LogP contribution < -0.4 is 5.32 Å². The normalized spacial score (nSPS) is 15.6. The van der Waals surface area contributed by atoms with Gasteiger partial charge >= 0.3 is 17.8 Å². The summed E-state index contributed by atoms with van der Waals surface area (Å²) in [6.07, 6.45) is 2.37. The van der Waals surface area contributed by atoms with Crippen LogP contribution in [-0.4, -0.2) is 53.6 Å². The molecule has 2 heterocycles. The van der Waals surface area contributed by atoms with Crippen molar-refractivity contribution in [2.45, 2.75) is 12.5 Å². The second kappa shape index (κ2) is 8.59. The molecular weight excluding hydrogens is 366 g/mol. The third-order valence-electron chi connectivity index (χ3n) is 4.28. The molecular formula is C19H18N3O4S. The molecule has 0 saturated carbocycles. The maximum Gasteiger partial charge on any atom is 0.325 e. The van der Waals surface area contributed by atoms with Gasteiger partial charge in [0.2, 0.25) is 6.29 Å². The minimum Gasteiger partial charge on any atom is -0.332 e. The van der Waals surface area contributed by atoms with Crippen LogP contribution in [0.5, 0.6) is 0 Å². The zero-order valence-electron chi connectivity index (χ0n) is 14.5. The van der Waals surface area contributed by atoms with E-state index in [4.69, 9.17) is 0 Å². The highest BCUT2D eigenvalue weighted by Crippen LogP contribution is 2.18. The molecule has 1 aliphatic rings. The highest BCUT2D eigenvalue weighted by molar-refractivity contribution is 7.10. The summed E-state index contributed by atoms with van der Waals surface area (Å²) < 4.78 is 0. The summed E-state index contributed by atoms with van der Waals surface area (Å²) in [4.78, 5) is 51.0. The van der Waals surface area contributed by atoms with Crippen molar-refractivity contribution in [3.05, 3.63) is 58.3 Å². The number of imide groups is 1. The lowest BCUT2D eigenvalue weighted by Crippen LogP contribution is -2.58. The summed E-state index contributed by atoms with van der Waals surface area (Å²) in [5.41, 5.74) is 1.07. The first-order valence-corrected chi connectivity index (χ1v) is 9.34. The number of nitrogens with one attached hydrogen (secondary N) is 1. The van der Waals surface area contributed by atoms with E-state index in [-0.39, 0.29) is 13.1 Å². The maximum atomic E-state index is 12.4. The van der Waals surface area contributed by atoms with Crippen molar-refractivity contribution in [2.75, 3.05) is 19.6 Å². The first kappa shape index (κ1) is 18.8. The summed E-state index contributed by atoms with van der Waals surface area (Å²) in [5.74, 6) is -1.60. The molecule has 3 rings (SSSR count). The second-order valence-corrected chi connectivity index (χ2v) is 6.98. The first-order valence-electron chi connectivity index (χ1n) is 8.46. The van der Waals surface area contributed by atoms with Gasteiger partial charge in [-0.2, -0.15) is 0 Å². The first-order chi connectivity index (χ1) is 13.1. The molecule has 1 fully saturated rings. The number of carbonyl (C=O) groups is 3. The summed E-state index contributed by atoms with van der Waals surface area (Å²) in [7, 11) is 0. The lowest BCUT2D eigenvalue weighted by atomic mass is 10.1. The molecule has 1 unspecified atom stereocenters. The molecule has 8 heteroatoms. The second-order valence-electron chi connectivity index (χ2n) is 6.00. The van der Waals surface area contributed by atoms with E-state index < -0.39 is 23.9 Å². The minimum absolute atomic E-state index is 0.0845.